The largest absolute Gasteiger partial charge is 0.385 e. The van der Waals surface area contributed by atoms with Gasteiger partial charge in [-0.2, -0.15) is 0 Å². The quantitative estimate of drug-likeness (QED) is 0.590. The highest BCUT2D eigenvalue weighted by Gasteiger charge is 1.99. The summed E-state index contributed by atoms with van der Waals surface area (Å²) in [5, 5.41) is 3.31. The van der Waals surface area contributed by atoms with Gasteiger partial charge in [0.15, 0.2) is 0 Å². The molecule has 0 aliphatic heterocycles. The highest BCUT2D eigenvalue weighted by atomic mass is 16.1. The van der Waals surface area contributed by atoms with Crippen LogP contribution in [0.3, 0.4) is 0 Å². The molecule has 17 heavy (non-hydrogen) atoms. The Morgan fingerprint density at radius 1 is 1.35 bits per heavy atom. The van der Waals surface area contributed by atoms with E-state index in [1.165, 1.54) is 0 Å². The van der Waals surface area contributed by atoms with Gasteiger partial charge in [-0.25, -0.2) is 4.79 Å². The van der Waals surface area contributed by atoms with Gasteiger partial charge in [-0.1, -0.05) is 0 Å². The van der Waals surface area contributed by atoms with Crippen LogP contribution in [0, 0.1) is 0 Å². The topological polar surface area (TPSA) is 86.7 Å². The first-order valence-corrected chi connectivity index (χ1v) is 5.86. The van der Waals surface area contributed by atoms with Crippen LogP contribution >= 0.6 is 0 Å². The van der Waals surface area contributed by atoms with E-state index < -0.39 is 0 Å². The number of aromatic amines is 2. The Labute approximate surface area is 99.4 Å². The lowest BCUT2D eigenvalue weighted by Crippen LogP contribution is -2.16. The molecule has 0 spiro atoms. The van der Waals surface area contributed by atoms with Gasteiger partial charge in [0, 0.05) is 18.3 Å². The first-order chi connectivity index (χ1) is 8.15. The third kappa shape index (κ3) is 3.10. The maximum absolute atomic E-state index is 11.1. The van der Waals surface area contributed by atoms with Crippen LogP contribution in [0.5, 0.6) is 0 Å². The average molecular weight is 234 g/mol. The molecule has 2 rings (SSSR count). The summed E-state index contributed by atoms with van der Waals surface area (Å²) in [5.41, 5.74) is 8.17. The third-order valence-electron chi connectivity index (χ3n) is 2.68. The number of nitrogens with two attached hydrogens (primary N) is 1. The van der Waals surface area contributed by atoms with Crippen molar-refractivity contribution in [2.75, 3.05) is 11.9 Å². The normalized spacial score (nSPS) is 12.8. The molecule has 1 aromatic heterocycles. The molecule has 0 radical (unpaired) electrons. The van der Waals surface area contributed by atoms with Gasteiger partial charge in [0.1, 0.15) is 0 Å². The number of aromatic nitrogens is 2. The molecular weight excluding hydrogens is 216 g/mol. The zero-order chi connectivity index (χ0) is 12.3. The zero-order valence-electron chi connectivity index (χ0n) is 9.92. The van der Waals surface area contributed by atoms with Crippen molar-refractivity contribution < 1.29 is 0 Å². The van der Waals surface area contributed by atoms with E-state index in [9.17, 15) is 4.79 Å². The van der Waals surface area contributed by atoms with Crippen LogP contribution in [-0.2, 0) is 0 Å². The van der Waals surface area contributed by atoms with Gasteiger partial charge >= 0.3 is 5.69 Å². The fourth-order valence-electron chi connectivity index (χ4n) is 1.80. The second kappa shape index (κ2) is 5.05. The Bertz CT molecular complexity index is 541. The molecule has 0 amide bonds. The van der Waals surface area contributed by atoms with Crippen LogP contribution in [0.25, 0.3) is 11.0 Å². The molecule has 0 aliphatic carbocycles. The van der Waals surface area contributed by atoms with Crippen LogP contribution in [0.4, 0.5) is 5.69 Å². The van der Waals surface area contributed by atoms with Gasteiger partial charge in [-0.3, -0.25) is 0 Å². The van der Waals surface area contributed by atoms with Crippen molar-refractivity contribution in [2.24, 2.45) is 5.73 Å². The van der Waals surface area contributed by atoms with Crippen molar-refractivity contribution in [1.82, 2.24) is 9.97 Å². The lowest BCUT2D eigenvalue weighted by atomic mass is 10.2. The van der Waals surface area contributed by atoms with Gasteiger partial charge in [0.05, 0.1) is 11.0 Å². The molecule has 0 saturated heterocycles. The first kappa shape index (κ1) is 11.7. The maximum Gasteiger partial charge on any atom is 0.323 e. The Kier molecular flexibility index (Phi) is 3.49. The van der Waals surface area contributed by atoms with E-state index in [-0.39, 0.29) is 11.7 Å². The van der Waals surface area contributed by atoms with E-state index in [4.69, 9.17) is 5.73 Å². The molecule has 0 bridgehead atoms. The van der Waals surface area contributed by atoms with E-state index in [0.717, 1.165) is 36.1 Å². The fraction of sp³-hybridized carbons (Fsp3) is 0.417. The Balaban J connectivity index is 1.97. The highest BCUT2D eigenvalue weighted by molar-refractivity contribution is 5.78. The van der Waals surface area contributed by atoms with Crippen molar-refractivity contribution in [3.05, 3.63) is 28.7 Å². The van der Waals surface area contributed by atoms with Crippen molar-refractivity contribution in [3.63, 3.8) is 0 Å². The van der Waals surface area contributed by atoms with Crippen LogP contribution in [0.1, 0.15) is 19.8 Å². The van der Waals surface area contributed by atoms with Crippen LogP contribution < -0.4 is 16.7 Å². The number of anilines is 1. The molecule has 1 atom stereocenters. The SMILES string of the molecule is CC(N)CCCNc1ccc2[nH]c(=O)[nH]c2c1. The molecule has 5 N–H and O–H groups in total. The number of imidazole rings is 1. The minimum atomic E-state index is -0.172. The van der Waals surface area contributed by atoms with Crippen molar-refractivity contribution in [3.8, 4) is 0 Å². The monoisotopic (exact) mass is 234 g/mol. The number of hydrogen-bond donors (Lipinski definition) is 4. The summed E-state index contributed by atoms with van der Waals surface area (Å²) < 4.78 is 0. The second-order valence-electron chi connectivity index (χ2n) is 4.39. The molecule has 2 aromatic rings. The number of hydrogen-bond acceptors (Lipinski definition) is 3. The predicted molar refractivity (Wildman–Crippen MR) is 70.3 cm³/mol. The molecule has 92 valence electrons. The average Bonchev–Trinajstić information content (AvgIpc) is 2.63. The van der Waals surface area contributed by atoms with Gasteiger partial charge < -0.3 is 21.0 Å². The van der Waals surface area contributed by atoms with E-state index in [1.54, 1.807) is 0 Å². The van der Waals surface area contributed by atoms with Gasteiger partial charge in [-0.05, 0) is 38.0 Å². The van der Waals surface area contributed by atoms with Crippen LogP contribution in [0.2, 0.25) is 0 Å². The molecule has 1 aromatic carbocycles. The summed E-state index contributed by atoms with van der Waals surface area (Å²) in [7, 11) is 0. The smallest absolute Gasteiger partial charge is 0.323 e. The first-order valence-electron chi connectivity index (χ1n) is 5.86. The van der Waals surface area contributed by atoms with Gasteiger partial charge in [0.25, 0.3) is 0 Å². The summed E-state index contributed by atoms with van der Waals surface area (Å²) in [6, 6.07) is 6.03. The molecule has 0 aliphatic rings. The van der Waals surface area contributed by atoms with Gasteiger partial charge in [-0.15, -0.1) is 0 Å². The number of H-pyrrole nitrogens is 2. The molecule has 1 heterocycles. The lowest BCUT2D eigenvalue weighted by molar-refractivity contribution is 0.639. The van der Waals surface area contributed by atoms with E-state index in [2.05, 4.69) is 15.3 Å². The number of benzene rings is 1. The standard InChI is InChI=1S/C12H18N4O/c1-8(13)3-2-6-14-9-4-5-10-11(7-9)16-12(17)15-10/h4-5,7-8,14H,2-3,6,13H2,1H3,(H2,15,16,17). The lowest BCUT2D eigenvalue weighted by Gasteiger charge is -2.07. The Morgan fingerprint density at radius 3 is 2.88 bits per heavy atom. The molecular formula is C12H18N4O. The predicted octanol–water partition coefficient (Wildman–Crippen LogP) is 1.40. The number of fused-ring (bicyclic) bond motifs is 1. The summed E-state index contributed by atoms with van der Waals surface area (Å²) in [6.07, 6.45) is 2.05. The molecule has 5 nitrogen and oxygen atoms in total. The molecule has 0 fully saturated rings. The minimum absolute atomic E-state index is 0.172. The number of nitrogens with one attached hydrogen (secondary N) is 3. The zero-order valence-corrected chi connectivity index (χ0v) is 9.92. The fourth-order valence-corrected chi connectivity index (χ4v) is 1.80. The summed E-state index contributed by atoms with van der Waals surface area (Å²) in [6.45, 7) is 2.90. The highest BCUT2D eigenvalue weighted by Crippen LogP contribution is 2.14. The summed E-state index contributed by atoms with van der Waals surface area (Å²) >= 11 is 0. The minimum Gasteiger partial charge on any atom is -0.385 e. The van der Waals surface area contributed by atoms with E-state index >= 15 is 0 Å². The van der Waals surface area contributed by atoms with Gasteiger partial charge in [0.2, 0.25) is 0 Å². The summed E-state index contributed by atoms with van der Waals surface area (Å²) in [4.78, 5) is 16.5. The van der Waals surface area contributed by atoms with Crippen LogP contribution in [-0.4, -0.2) is 22.6 Å². The maximum atomic E-state index is 11.1. The molecule has 1 unspecified atom stereocenters. The molecule has 0 saturated carbocycles. The van der Waals surface area contributed by atoms with Crippen molar-refractivity contribution in [2.45, 2.75) is 25.8 Å². The van der Waals surface area contributed by atoms with Crippen LogP contribution in [0.15, 0.2) is 23.0 Å². The Morgan fingerprint density at radius 2 is 2.12 bits per heavy atom. The van der Waals surface area contributed by atoms with Crippen molar-refractivity contribution >= 4 is 16.7 Å². The summed E-state index contributed by atoms with van der Waals surface area (Å²) in [5.74, 6) is 0. The third-order valence-corrected chi connectivity index (χ3v) is 2.68. The number of rotatable bonds is 5. The van der Waals surface area contributed by atoms with E-state index in [0.29, 0.717) is 0 Å². The molecule has 5 heteroatoms. The Hall–Kier alpha value is -1.75. The second-order valence-corrected chi connectivity index (χ2v) is 4.39. The van der Waals surface area contributed by atoms with E-state index in [1.807, 2.05) is 25.1 Å². The van der Waals surface area contributed by atoms with Crippen molar-refractivity contribution in [1.29, 1.82) is 0 Å².